The first-order valence-corrected chi connectivity index (χ1v) is 18.6. The highest BCUT2D eigenvalue weighted by molar-refractivity contribution is 6.27. The van der Waals surface area contributed by atoms with Gasteiger partial charge < -0.3 is 4.42 Å². The normalized spacial score (nSPS) is 11.6. The van der Waals surface area contributed by atoms with Crippen LogP contribution in [0.15, 0.2) is 193 Å². The number of hydrogen-bond acceptors (Lipinski definition) is 5. The molecule has 0 aliphatic carbocycles. The minimum Gasteiger partial charge on any atom is -0.456 e. The van der Waals surface area contributed by atoms with Gasteiger partial charge in [0.2, 0.25) is 0 Å². The summed E-state index contributed by atoms with van der Waals surface area (Å²) in [6, 6.07) is 62.3. The molecular formula is C50H31N5O. The number of aromatic nitrogens is 5. The summed E-state index contributed by atoms with van der Waals surface area (Å²) in [5.41, 5.74) is 10.6. The molecule has 4 heterocycles. The summed E-state index contributed by atoms with van der Waals surface area (Å²) in [6.07, 6.45) is 1.98. The van der Waals surface area contributed by atoms with E-state index in [1.807, 2.05) is 85.1 Å². The van der Waals surface area contributed by atoms with Crippen LogP contribution in [-0.2, 0) is 0 Å². The third kappa shape index (κ3) is 5.19. The SMILES string of the molecule is c1ccc(-c2nc(-c3ccccc3)nc(-c3cc(-c4ccccc4-c4ccccc4)cnc3-n3c4ccccc4c4c5c(ccc43)oc3ccccc35)n2)cc1. The second kappa shape index (κ2) is 13.0. The molecule has 262 valence electrons. The van der Waals surface area contributed by atoms with E-state index in [2.05, 4.69) is 108 Å². The van der Waals surface area contributed by atoms with Gasteiger partial charge in [0.25, 0.3) is 0 Å². The zero-order valence-corrected chi connectivity index (χ0v) is 30.0. The third-order valence-electron chi connectivity index (χ3n) is 10.5. The van der Waals surface area contributed by atoms with Crippen LogP contribution in [0.25, 0.3) is 106 Å². The Kier molecular flexibility index (Phi) is 7.38. The summed E-state index contributed by atoms with van der Waals surface area (Å²) in [5.74, 6) is 2.42. The van der Waals surface area contributed by atoms with Crippen molar-refractivity contribution in [3.63, 3.8) is 0 Å². The molecule has 11 rings (SSSR count). The average molecular weight is 718 g/mol. The van der Waals surface area contributed by atoms with E-state index in [0.29, 0.717) is 23.3 Å². The van der Waals surface area contributed by atoms with Crippen molar-refractivity contribution >= 4 is 43.7 Å². The second-order valence-electron chi connectivity index (χ2n) is 13.8. The molecule has 0 saturated heterocycles. The fourth-order valence-electron chi connectivity index (χ4n) is 7.98. The monoisotopic (exact) mass is 717 g/mol. The topological polar surface area (TPSA) is 69.6 Å². The summed E-state index contributed by atoms with van der Waals surface area (Å²) in [7, 11) is 0. The minimum absolute atomic E-state index is 0.528. The molecule has 0 saturated carbocycles. The summed E-state index contributed by atoms with van der Waals surface area (Å²) in [5, 5.41) is 4.38. The van der Waals surface area contributed by atoms with Crippen LogP contribution in [0.4, 0.5) is 0 Å². The van der Waals surface area contributed by atoms with Crippen LogP contribution in [0.3, 0.4) is 0 Å². The predicted molar refractivity (Wildman–Crippen MR) is 226 cm³/mol. The smallest absolute Gasteiger partial charge is 0.167 e. The Balaban J connectivity index is 1.24. The van der Waals surface area contributed by atoms with Crippen LogP contribution in [-0.4, -0.2) is 24.5 Å². The van der Waals surface area contributed by atoms with Crippen molar-refractivity contribution in [3.8, 4) is 62.2 Å². The molecule has 0 unspecified atom stereocenters. The summed E-state index contributed by atoms with van der Waals surface area (Å²) >= 11 is 0. The van der Waals surface area contributed by atoms with Crippen LogP contribution in [0.1, 0.15) is 0 Å². The van der Waals surface area contributed by atoms with Gasteiger partial charge in [0.05, 0.1) is 16.6 Å². The van der Waals surface area contributed by atoms with Crippen LogP contribution < -0.4 is 0 Å². The Bertz CT molecular complexity index is 3190. The molecule has 6 heteroatoms. The van der Waals surface area contributed by atoms with Crippen molar-refractivity contribution in [1.82, 2.24) is 24.5 Å². The number of hydrogen-bond donors (Lipinski definition) is 0. The van der Waals surface area contributed by atoms with Crippen LogP contribution in [0.2, 0.25) is 0 Å². The lowest BCUT2D eigenvalue weighted by Crippen LogP contribution is -2.06. The van der Waals surface area contributed by atoms with E-state index in [0.717, 1.165) is 82.7 Å². The number of para-hydroxylation sites is 2. The van der Waals surface area contributed by atoms with Gasteiger partial charge >= 0.3 is 0 Å². The molecule has 0 bridgehead atoms. The first kappa shape index (κ1) is 31.8. The Morgan fingerprint density at radius 1 is 0.375 bits per heavy atom. The van der Waals surface area contributed by atoms with Crippen LogP contribution in [0.5, 0.6) is 0 Å². The summed E-state index contributed by atoms with van der Waals surface area (Å²) < 4.78 is 8.64. The highest BCUT2D eigenvalue weighted by Crippen LogP contribution is 2.43. The van der Waals surface area contributed by atoms with E-state index < -0.39 is 0 Å². The fourth-order valence-corrected chi connectivity index (χ4v) is 7.98. The van der Waals surface area contributed by atoms with E-state index in [4.69, 9.17) is 24.4 Å². The fraction of sp³-hybridized carbons (Fsp3) is 0. The molecule has 0 aliphatic heterocycles. The molecule has 6 nitrogen and oxygen atoms in total. The van der Waals surface area contributed by atoms with Gasteiger partial charge in [0, 0.05) is 44.4 Å². The molecule has 7 aromatic carbocycles. The molecule has 0 amide bonds. The number of rotatable bonds is 6. The molecule has 4 aromatic heterocycles. The van der Waals surface area contributed by atoms with Gasteiger partial charge in [-0.3, -0.25) is 4.57 Å². The molecule has 0 radical (unpaired) electrons. The quantitative estimate of drug-likeness (QED) is 0.171. The Labute approximate surface area is 322 Å². The summed E-state index contributed by atoms with van der Waals surface area (Å²) in [6.45, 7) is 0. The molecule has 0 atom stereocenters. The molecule has 0 aliphatic rings. The van der Waals surface area contributed by atoms with Crippen molar-refractivity contribution in [2.75, 3.05) is 0 Å². The van der Waals surface area contributed by atoms with Gasteiger partial charge in [0.1, 0.15) is 17.0 Å². The van der Waals surface area contributed by atoms with Gasteiger partial charge in [-0.05, 0) is 47.0 Å². The first-order chi connectivity index (χ1) is 27.8. The highest BCUT2D eigenvalue weighted by Gasteiger charge is 2.24. The lowest BCUT2D eigenvalue weighted by atomic mass is 9.94. The number of fused-ring (bicyclic) bond motifs is 7. The van der Waals surface area contributed by atoms with E-state index in [1.54, 1.807) is 0 Å². The standard InChI is InChI=1S/C50H31N5O/c1-4-16-32(17-5-1)36-22-10-11-23-37(36)35-30-40(49-53-47(33-18-6-2-7-19-33)52-48(54-49)34-20-8-3-9-21-34)50(51-31-35)55-41-26-14-12-24-38(41)45-42(55)28-29-44-46(45)39-25-13-15-27-43(39)56-44/h1-31H. The molecular weight excluding hydrogens is 687 g/mol. The maximum atomic E-state index is 6.39. The van der Waals surface area contributed by atoms with Crippen LogP contribution >= 0.6 is 0 Å². The van der Waals surface area contributed by atoms with Gasteiger partial charge in [-0.2, -0.15) is 0 Å². The average Bonchev–Trinajstić information content (AvgIpc) is 3.83. The predicted octanol–water partition coefficient (Wildman–Crippen LogP) is 12.6. The Morgan fingerprint density at radius 3 is 1.62 bits per heavy atom. The maximum absolute atomic E-state index is 6.39. The van der Waals surface area contributed by atoms with Gasteiger partial charge in [0.15, 0.2) is 17.5 Å². The van der Waals surface area contributed by atoms with E-state index in [1.165, 1.54) is 0 Å². The summed E-state index contributed by atoms with van der Waals surface area (Å²) in [4.78, 5) is 20.9. The van der Waals surface area contributed by atoms with Gasteiger partial charge in [-0.25, -0.2) is 19.9 Å². The van der Waals surface area contributed by atoms with E-state index in [-0.39, 0.29) is 0 Å². The molecule has 0 fully saturated rings. The largest absolute Gasteiger partial charge is 0.456 e. The molecule has 11 aromatic rings. The molecule has 0 spiro atoms. The van der Waals surface area contributed by atoms with E-state index >= 15 is 0 Å². The first-order valence-electron chi connectivity index (χ1n) is 18.6. The molecule has 0 N–H and O–H groups in total. The highest BCUT2D eigenvalue weighted by atomic mass is 16.3. The number of pyridine rings is 1. The number of benzene rings is 7. The van der Waals surface area contributed by atoms with Crippen LogP contribution in [0, 0.1) is 0 Å². The minimum atomic E-state index is 0.528. The van der Waals surface area contributed by atoms with Crippen molar-refractivity contribution in [1.29, 1.82) is 0 Å². The Hall–Kier alpha value is -7.70. The molecule has 56 heavy (non-hydrogen) atoms. The van der Waals surface area contributed by atoms with Gasteiger partial charge in [-0.15, -0.1) is 0 Å². The van der Waals surface area contributed by atoms with Crippen molar-refractivity contribution < 1.29 is 4.42 Å². The lowest BCUT2D eigenvalue weighted by molar-refractivity contribution is 0.669. The zero-order chi connectivity index (χ0) is 37.0. The number of nitrogens with zero attached hydrogens (tertiary/aromatic N) is 5. The Morgan fingerprint density at radius 2 is 0.929 bits per heavy atom. The van der Waals surface area contributed by atoms with Crippen molar-refractivity contribution in [3.05, 3.63) is 188 Å². The van der Waals surface area contributed by atoms with Crippen molar-refractivity contribution in [2.45, 2.75) is 0 Å². The van der Waals surface area contributed by atoms with Crippen molar-refractivity contribution in [2.24, 2.45) is 0 Å². The second-order valence-corrected chi connectivity index (χ2v) is 13.8. The lowest BCUT2D eigenvalue weighted by Gasteiger charge is -2.16. The maximum Gasteiger partial charge on any atom is 0.167 e. The third-order valence-corrected chi connectivity index (χ3v) is 10.5. The number of furan rings is 1. The van der Waals surface area contributed by atoms with Gasteiger partial charge in [-0.1, -0.05) is 152 Å². The van der Waals surface area contributed by atoms with E-state index in [9.17, 15) is 0 Å². The zero-order valence-electron chi connectivity index (χ0n) is 30.0.